The lowest BCUT2D eigenvalue weighted by molar-refractivity contribution is 0.627. The van der Waals surface area contributed by atoms with Gasteiger partial charge in [0.15, 0.2) is 0 Å². The van der Waals surface area contributed by atoms with Crippen LogP contribution in [0.15, 0.2) is 74.0 Å². The highest BCUT2D eigenvalue weighted by molar-refractivity contribution is 8.41. The van der Waals surface area contributed by atoms with Gasteiger partial charge in [0, 0.05) is 22.3 Å². The van der Waals surface area contributed by atoms with E-state index in [1.807, 2.05) is 0 Å². The molecule has 0 aromatic heterocycles. The summed E-state index contributed by atoms with van der Waals surface area (Å²) in [5, 5.41) is 0. The zero-order chi connectivity index (χ0) is 51.9. The standard InChI is InChI=1S/C62H94S8Si2/c1-11-15-19-23-27-31-45-63-59-60(64-46-32-28-24-20-16-12-2)68-57(67-59)55(53-39-35-51(36-40-53)43-49-71(5,6)7)56(54-41-37-52(38-42-54)44-50-72(8,9)10)58-69-61(65-47-33-29-25-21-17-13-3)62(70-58)66-48-34-30-26-22-18-14-4/h35-42H,11-34,45-48H2,1-10H3. The summed E-state index contributed by atoms with van der Waals surface area (Å²) in [7, 11) is -3.06. The monoisotopic (exact) mass is 1150 g/mol. The lowest BCUT2D eigenvalue weighted by Crippen LogP contribution is -2.16. The van der Waals surface area contributed by atoms with Crippen LogP contribution in [0.4, 0.5) is 0 Å². The predicted molar refractivity (Wildman–Crippen MR) is 355 cm³/mol. The zero-order valence-corrected chi connectivity index (χ0v) is 55.2. The highest BCUT2D eigenvalue weighted by Gasteiger charge is 2.32. The summed E-state index contributed by atoms with van der Waals surface area (Å²) in [6.45, 7) is 23.3. The van der Waals surface area contributed by atoms with Crippen molar-refractivity contribution in [3.8, 4) is 22.9 Å². The minimum atomic E-state index is -1.53. The second-order valence-electron chi connectivity index (χ2n) is 21.5. The smallest absolute Gasteiger partial charge is 0.127 e. The van der Waals surface area contributed by atoms with Crippen LogP contribution in [-0.2, 0) is 0 Å². The maximum atomic E-state index is 3.65. The van der Waals surface area contributed by atoms with Gasteiger partial charge in [-0.2, -0.15) is 0 Å². The molecular weight excluding hydrogens is 1060 g/mol. The van der Waals surface area contributed by atoms with E-state index in [4.69, 9.17) is 0 Å². The van der Waals surface area contributed by atoms with Gasteiger partial charge in [0.1, 0.15) is 16.1 Å². The molecule has 0 saturated carbocycles. The third kappa shape index (κ3) is 26.4. The van der Waals surface area contributed by atoms with Crippen LogP contribution in [0.1, 0.15) is 204 Å². The topological polar surface area (TPSA) is 0 Å². The van der Waals surface area contributed by atoms with Gasteiger partial charge in [-0.25, -0.2) is 0 Å². The van der Waals surface area contributed by atoms with Gasteiger partial charge >= 0.3 is 0 Å². The molecule has 0 N–H and O–H groups in total. The van der Waals surface area contributed by atoms with Gasteiger partial charge in [0.05, 0.1) is 25.4 Å². The Morgan fingerprint density at radius 2 is 0.583 bits per heavy atom. The van der Waals surface area contributed by atoms with Gasteiger partial charge in [-0.1, -0.05) is 279 Å². The number of allylic oxidation sites excluding steroid dienone is 2. The Hall–Kier alpha value is -0.246. The van der Waals surface area contributed by atoms with Gasteiger partial charge in [-0.3, -0.25) is 0 Å². The fraction of sp³-hybridized carbons (Fsp3) is 0.613. The van der Waals surface area contributed by atoms with Gasteiger partial charge in [0.2, 0.25) is 0 Å². The Bertz CT molecular complexity index is 1910. The Morgan fingerprint density at radius 1 is 0.347 bits per heavy atom. The molecule has 0 nitrogen and oxygen atoms in total. The van der Waals surface area contributed by atoms with Crippen LogP contribution in [-0.4, -0.2) is 39.2 Å². The van der Waals surface area contributed by atoms with Crippen molar-refractivity contribution in [2.75, 3.05) is 23.0 Å². The summed E-state index contributed by atoms with van der Waals surface area (Å²) in [4.78, 5) is 0. The summed E-state index contributed by atoms with van der Waals surface area (Å²) in [6.07, 6.45) is 32.2. The van der Waals surface area contributed by atoms with Crippen LogP contribution in [0, 0.1) is 22.9 Å². The lowest BCUT2D eigenvalue weighted by Gasteiger charge is -2.19. The van der Waals surface area contributed by atoms with E-state index in [2.05, 4.69) is 233 Å². The van der Waals surface area contributed by atoms with Crippen molar-refractivity contribution in [2.45, 2.75) is 221 Å². The SMILES string of the molecule is CCCCCCCCSC1=C(SCCCCCCCC)SC(=C(C(=C2SC(SCCCCCCCC)=C(SCCCCCCCC)S2)c2ccc(C#C[Si](C)(C)C)cc2)c2ccc(C#C[Si](C)(C)C)cc2)S1. The van der Waals surface area contributed by atoms with E-state index in [9.17, 15) is 0 Å². The Labute approximate surface area is 480 Å². The maximum absolute atomic E-state index is 3.65. The number of rotatable bonds is 35. The average Bonchev–Trinajstić information content (AvgIpc) is 3.96. The van der Waals surface area contributed by atoms with Crippen LogP contribution in [0.25, 0.3) is 11.1 Å². The first-order chi connectivity index (χ1) is 34.9. The highest BCUT2D eigenvalue weighted by Crippen LogP contribution is 2.65. The molecule has 0 fully saturated rings. The van der Waals surface area contributed by atoms with Gasteiger partial charge < -0.3 is 0 Å². The first-order valence-electron chi connectivity index (χ1n) is 28.3. The fourth-order valence-corrected chi connectivity index (χ4v) is 21.2. The molecule has 2 aliphatic rings. The minimum absolute atomic E-state index is 1.12. The summed E-state index contributed by atoms with van der Waals surface area (Å²) in [5.41, 5.74) is 14.9. The second-order valence-corrected chi connectivity index (χ2v) is 41.1. The van der Waals surface area contributed by atoms with Crippen molar-refractivity contribution >= 4 is 121 Å². The molecule has 0 amide bonds. The minimum Gasteiger partial charge on any atom is -0.127 e. The van der Waals surface area contributed by atoms with Crippen LogP contribution >= 0.6 is 94.1 Å². The molecule has 72 heavy (non-hydrogen) atoms. The molecule has 4 rings (SSSR count). The van der Waals surface area contributed by atoms with Crippen molar-refractivity contribution in [3.63, 3.8) is 0 Å². The zero-order valence-electron chi connectivity index (χ0n) is 46.7. The Morgan fingerprint density at radius 3 is 0.819 bits per heavy atom. The van der Waals surface area contributed by atoms with Gasteiger partial charge in [0.25, 0.3) is 0 Å². The van der Waals surface area contributed by atoms with E-state index < -0.39 is 16.1 Å². The van der Waals surface area contributed by atoms with Gasteiger partial charge in [-0.15, -0.1) is 58.1 Å². The number of hydrogen-bond acceptors (Lipinski definition) is 8. The Kier molecular flexibility index (Phi) is 33.5. The van der Waals surface area contributed by atoms with Crippen LogP contribution in [0.5, 0.6) is 0 Å². The van der Waals surface area contributed by atoms with Crippen molar-refractivity contribution in [1.29, 1.82) is 0 Å². The highest BCUT2D eigenvalue weighted by atomic mass is 32.3. The van der Waals surface area contributed by atoms with E-state index in [0.717, 1.165) is 11.1 Å². The summed E-state index contributed by atoms with van der Waals surface area (Å²) in [6, 6.07) is 18.8. The molecular formula is C62H94S8Si2. The molecule has 2 aromatic carbocycles. The van der Waals surface area contributed by atoms with Crippen LogP contribution < -0.4 is 0 Å². The molecule has 0 atom stereocenters. The molecule has 0 bridgehead atoms. The summed E-state index contributed by atoms with van der Waals surface area (Å²) >= 11 is 16.9. The number of thioether (sulfide) groups is 8. The van der Waals surface area contributed by atoms with Crippen molar-refractivity contribution in [1.82, 2.24) is 0 Å². The predicted octanol–water partition coefficient (Wildman–Crippen LogP) is 23.8. The van der Waals surface area contributed by atoms with Crippen LogP contribution in [0.3, 0.4) is 0 Å². The summed E-state index contributed by atoms with van der Waals surface area (Å²) < 4.78 is 9.01. The molecule has 2 aromatic rings. The first-order valence-corrected chi connectivity index (χ1v) is 42.5. The van der Waals surface area contributed by atoms with E-state index in [1.165, 1.54) is 225 Å². The first kappa shape index (κ1) is 64.3. The van der Waals surface area contributed by atoms with E-state index in [1.54, 1.807) is 0 Å². The number of hydrogen-bond donors (Lipinski definition) is 0. The number of benzene rings is 2. The lowest BCUT2D eigenvalue weighted by atomic mass is 9.93. The Balaban J connectivity index is 1.86. The molecule has 2 heterocycles. The molecule has 398 valence electrons. The molecule has 0 unspecified atom stereocenters. The third-order valence-electron chi connectivity index (χ3n) is 12.2. The maximum Gasteiger partial charge on any atom is 0.129 e. The molecule has 0 aliphatic carbocycles. The fourth-order valence-electron chi connectivity index (χ4n) is 7.98. The molecule has 0 spiro atoms. The molecule has 0 radical (unpaired) electrons. The number of unbranched alkanes of at least 4 members (excludes halogenated alkanes) is 20. The molecule has 2 aliphatic heterocycles. The second kappa shape index (κ2) is 37.5. The van der Waals surface area contributed by atoms with E-state index >= 15 is 0 Å². The van der Waals surface area contributed by atoms with Crippen molar-refractivity contribution in [3.05, 3.63) is 96.2 Å². The normalized spacial score (nSPS) is 14.0. The van der Waals surface area contributed by atoms with Crippen molar-refractivity contribution < 1.29 is 0 Å². The van der Waals surface area contributed by atoms with Crippen LogP contribution in [0.2, 0.25) is 39.3 Å². The van der Waals surface area contributed by atoms with E-state index in [-0.39, 0.29) is 0 Å². The molecule has 10 heteroatoms. The van der Waals surface area contributed by atoms with E-state index in [0.29, 0.717) is 0 Å². The largest absolute Gasteiger partial charge is 0.129 e. The van der Waals surface area contributed by atoms with Crippen molar-refractivity contribution in [2.24, 2.45) is 0 Å². The molecule has 0 saturated heterocycles. The average molecular weight is 1150 g/mol. The quantitative estimate of drug-likeness (QED) is 0.0376. The van der Waals surface area contributed by atoms with Gasteiger partial charge in [-0.05, 0) is 84.1 Å². The third-order valence-corrected chi connectivity index (χ3v) is 25.3. The summed E-state index contributed by atoms with van der Waals surface area (Å²) in [5.74, 6) is 12.0.